The van der Waals surface area contributed by atoms with Gasteiger partial charge in [0.15, 0.2) is 0 Å². The molecule has 0 aliphatic carbocycles. The van der Waals surface area contributed by atoms with E-state index in [2.05, 4.69) is 5.32 Å². The second-order valence-electron chi connectivity index (χ2n) is 5.45. The Balaban J connectivity index is 1.90. The molecule has 6 heteroatoms. The SMILES string of the molecule is CNC(=O)C1CCN(C(=O)C2(N)CCOCC2)CC1. The first kappa shape index (κ1) is 14.3. The Bertz CT molecular complexity index is 345. The highest BCUT2D eigenvalue weighted by atomic mass is 16.5. The summed E-state index contributed by atoms with van der Waals surface area (Å²) < 4.78 is 5.26. The van der Waals surface area contributed by atoms with Gasteiger partial charge in [-0.1, -0.05) is 0 Å². The number of ether oxygens (including phenoxy) is 1. The number of likely N-dealkylation sites (tertiary alicyclic amines) is 1. The van der Waals surface area contributed by atoms with Crippen molar-refractivity contribution in [3.8, 4) is 0 Å². The molecule has 0 bridgehead atoms. The number of hydrogen-bond acceptors (Lipinski definition) is 4. The Kier molecular flexibility index (Phi) is 4.42. The molecule has 2 heterocycles. The number of amides is 2. The van der Waals surface area contributed by atoms with Crippen LogP contribution in [0.25, 0.3) is 0 Å². The molecule has 108 valence electrons. The molecule has 6 nitrogen and oxygen atoms in total. The van der Waals surface area contributed by atoms with E-state index < -0.39 is 5.54 Å². The van der Waals surface area contributed by atoms with Crippen molar-refractivity contribution in [3.63, 3.8) is 0 Å². The molecule has 19 heavy (non-hydrogen) atoms. The fourth-order valence-electron chi connectivity index (χ4n) is 2.81. The van der Waals surface area contributed by atoms with E-state index in [0.29, 0.717) is 39.1 Å². The topological polar surface area (TPSA) is 84.7 Å². The summed E-state index contributed by atoms with van der Waals surface area (Å²) in [7, 11) is 1.65. The zero-order valence-electron chi connectivity index (χ0n) is 11.5. The average Bonchev–Trinajstić information content (AvgIpc) is 2.46. The van der Waals surface area contributed by atoms with Crippen LogP contribution < -0.4 is 11.1 Å². The van der Waals surface area contributed by atoms with Crippen LogP contribution in [0.3, 0.4) is 0 Å². The van der Waals surface area contributed by atoms with Gasteiger partial charge in [-0.05, 0) is 25.7 Å². The van der Waals surface area contributed by atoms with Crippen molar-refractivity contribution in [3.05, 3.63) is 0 Å². The molecule has 0 atom stereocenters. The van der Waals surface area contributed by atoms with Crippen LogP contribution in [0.15, 0.2) is 0 Å². The number of rotatable bonds is 2. The second-order valence-corrected chi connectivity index (χ2v) is 5.45. The van der Waals surface area contributed by atoms with E-state index in [-0.39, 0.29) is 17.7 Å². The Labute approximate surface area is 113 Å². The van der Waals surface area contributed by atoms with E-state index in [1.165, 1.54) is 0 Å². The predicted molar refractivity (Wildman–Crippen MR) is 70.3 cm³/mol. The van der Waals surface area contributed by atoms with Gasteiger partial charge in [0.2, 0.25) is 11.8 Å². The predicted octanol–water partition coefficient (Wildman–Crippen LogP) is -0.521. The molecule has 2 fully saturated rings. The lowest BCUT2D eigenvalue weighted by atomic mass is 9.88. The number of carbonyl (C=O) groups is 2. The Morgan fingerprint density at radius 1 is 1.26 bits per heavy atom. The molecule has 0 aromatic heterocycles. The van der Waals surface area contributed by atoms with Crippen LogP contribution in [0.5, 0.6) is 0 Å². The summed E-state index contributed by atoms with van der Waals surface area (Å²) in [6.45, 7) is 2.35. The fourth-order valence-corrected chi connectivity index (χ4v) is 2.81. The minimum absolute atomic E-state index is 0.0196. The number of nitrogens with zero attached hydrogens (tertiary/aromatic N) is 1. The maximum absolute atomic E-state index is 12.5. The summed E-state index contributed by atoms with van der Waals surface area (Å²) in [4.78, 5) is 25.8. The van der Waals surface area contributed by atoms with Gasteiger partial charge in [0.1, 0.15) is 0 Å². The standard InChI is InChI=1S/C13H23N3O3/c1-15-11(17)10-2-6-16(7-3-10)12(18)13(14)4-8-19-9-5-13/h10H,2-9,14H2,1H3,(H,15,17). The molecule has 3 N–H and O–H groups in total. The largest absolute Gasteiger partial charge is 0.381 e. The van der Waals surface area contributed by atoms with Crippen LogP contribution in [0.1, 0.15) is 25.7 Å². The summed E-state index contributed by atoms with van der Waals surface area (Å²) in [6, 6.07) is 0. The summed E-state index contributed by atoms with van der Waals surface area (Å²) in [6.07, 6.45) is 2.61. The van der Waals surface area contributed by atoms with Crippen molar-refractivity contribution >= 4 is 11.8 Å². The van der Waals surface area contributed by atoms with E-state index >= 15 is 0 Å². The second kappa shape index (κ2) is 5.88. The maximum Gasteiger partial charge on any atom is 0.242 e. The highest BCUT2D eigenvalue weighted by molar-refractivity contribution is 5.86. The average molecular weight is 269 g/mol. The first-order valence-corrected chi connectivity index (χ1v) is 6.94. The van der Waals surface area contributed by atoms with Crippen molar-refractivity contribution in [2.75, 3.05) is 33.4 Å². The van der Waals surface area contributed by atoms with Gasteiger partial charge in [0.25, 0.3) is 0 Å². The number of piperidine rings is 1. The number of nitrogens with one attached hydrogen (secondary N) is 1. The van der Waals surface area contributed by atoms with Crippen LogP contribution in [-0.2, 0) is 14.3 Å². The van der Waals surface area contributed by atoms with Crippen LogP contribution in [-0.4, -0.2) is 55.6 Å². The van der Waals surface area contributed by atoms with Crippen molar-refractivity contribution < 1.29 is 14.3 Å². The van der Waals surface area contributed by atoms with Crippen LogP contribution in [0.4, 0.5) is 0 Å². The first-order chi connectivity index (χ1) is 9.07. The van der Waals surface area contributed by atoms with Crippen molar-refractivity contribution in [2.24, 2.45) is 11.7 Å². The van der Waals surface area contributed by atoms with Crippen LogP contribution in [0, 0.1) is 5.92 Å². The minimum atomic E-state index is -0.766. The van der Waals surface area contributed by atoms with Crippen molar-refractivity contribution in [2.45, 2.75) is 31.2 Å². The summed E-state index contributed by atoms with van der Waals surface area (Å²) in [5.74, 6) is 0.115. The van der Waals surface area contributed by atoms with Gasteiger partial charge in [0, 0.05) is 39.3 Å². The van der Waals surface area contributed by atoms with Crippen LogP contribution in [0.2, 0.25) is 0 Å². The van der Waals surface area contributed by atoms with Crippen molar-refractivity contribution in [1.29, 1.82) is 0 Å². The number of nitrogens with two attached hydrogens (primary N) is 1. The normalized spacial score (nSPS) is 24.0. The molecule has 2 amide bonds. The Hall–Kier alpha value is -1.14. The molecule has 0 spiro atoms. The summed E-state index contributed by atoms with van der Waals surface area (Å²) >= 11 is 0. The third-order valence-corrected chi connectivity index (χ3v) is 4.21. The minimum Gasteiger partial charge on any atom is -0.381 e. The molecule has 0 saturated carbocycles. The zero-order valence-corrected chi connectivity index (χ0v) is 11.5. The Morgan fingerprint density at radius 3 is 2.37 bits per heavy atom. The van der Waals surface area contributed by atoms with E-state index in [0.717, 1.165) is 12.8 Å². The lowest BCUT2D eigenvalue weighted by molar-refractivity contribution is -0.143. The fraction of sp³-hybridized carbons (Fsp3) is 0.846. The van der Waals surface area contributed by atoms with E-state index in [9.17, 15) is 9.59 Å². The maximum atomic E-state index is 12.5. The van der Waals surface area contributed by atoms with E-state index in [1.807, 2.05) is 4.90 Å². The summed E-state index contributed by atoms with van der Waals surface area (Å²) in [5.41, 5.74) is 5.44. The smallest absolute Gasteiger partial charge is 0.242 e. The number of carbonyl (C=O) groups excluding carboxylic acids is 2. The lowest BCUT2D eigenvalue weighted by Crippen LogP contribution is -2.59. The highest BCUT2D eigenvalue weighted by Crippen LogP contribution is 2.24. The third kappa shape index (κ3) is 3.06. The zero-order chi connectivity index (χ0) is 13.9. The molecule has 0 radical (unpaired) electrons. The lowest BCUT2D eigenvalue weighted by Gasteiger charge is -2.39. The number of hydrogen-bond donors (Lipinski definition) is 2. The molecule has 0 aromatic rings. The monoisotopic (exact) mass is 269 g/mol. The van der Waals surface area contributed by atoms with Gasteiger partial charge in [0.05, 0.1) is 5.54 Å². The quantitative estimate of drug-likeness (QED) is 0.706. The Morgan fingerprint density at radius 2 is 1.84 bits per heavy atom. The van der Waals surface area contributed by atoms with Gasteiger partial charge in [-0.15, -0.1) is 0 Å². The van der Waals surface area contributed by atoms with Crippen LogP contribution >= 0.6 is 0 Å². The first-order valence-electron chi connectivity index (χ1n) is 6.94. The molecular weight excluding hydrogens is 246 g/mol. The molecule has 2 aliphatic rings. The summed E-state index contributed by atoms with van der Waals surface area (Å²) in [5, 5.41) is 2.67. The molecule has 0 aromatic carbocycles. The molecular formula is C13H23N3O3. The highest BCUT2D eigenvalue weighted by Gasteiger charge is 2.40. The molecule has 2 aliphatic heterocycles. The molecule has 2 saturated heterocycles. The third-order valence-electron chi connectivity index (χ3n) is 4.21. The van der Waals surface area contributed by atoms with Gasteiger partial charge in [-0.25, -0.2) is 0 Å². The van der Waals surface area contributed by atoms with E-state index in [1.54, 1.807) is 7.05 Å². The molecule has 0 unspecified atom stereocenters. The van der Waals surface area contributed by atoms with Gasteiger partial charge >= 0.3 is 0 Å². The van der Waals surface area contributed by atoms with Crippen molar-refractivity contribution in [1.82, 2.24) is 10.2 Å². The van der Waals surface area contributed by atoms with Gasteiger partial charge < -0.3 is 20.7 Å². The van der Waals surface area contributed by atoms with Gasteiger partial charge in [-0.3, -0.25) is 9.59 Å². The van der Waals surface area contributed by atoms with Gasteiger partial charge in [-0.2, -0.15) is 0 Å². The van der Waals surface area contributed by atoms with E-state index in [4.69, 9.17) is 10.5 Å². The molecule has 2 rings (SSSR count).